The van der Waals surface area contributed by atoms with Crippen LogP contribution in [0.2, 0.25) is 0 Å². The molecule has 0 bridgehead atoms. The van der Waals surface area contributed by atoms with Gasteiger partial charge in [0.1, 0.15) is 17.6 Å². The number of hydrogen-bond acceptors (Lipinski definition) is 10. The van der Waals surface area contributed by atoms with E-state index in [1.54, 1.807) is 38.1 Å². The van der Waals surface area contributed by atoms with Crippen LogP contribution in [0.4, 0.5) is 16.3 Å². The smallest absolute Gasteiger partial charge is 0.419 e. The van der Waals surface area contributed by atoms with Gasteiger partial charge in [0.05, 0.1) is 12.0 Å². The number of ether oxygens (including phenoxy) is 2. The molecule has 0 fully saturated rings. The fourth-order valence-corrected chi connectivity index (χ4v) is 4.39. The van der Waals surface area contributed by atoms with Gasteiger partial charge in [0.15, 0.2) is 5.82 Å². The highest BCUT2D eigenvalue weighted by Gasteiger charge is 2.27. The van der Waals surface area contributed by atoms with Crippen molar-refractivity contribution in [2.45, 2.75) is 40.5 Å². The number of nitrogens with one attached hydrogen (secondary N) is 2. The third kappa shape index (κ3) is 7.30. The number of aromatic nitrogens is 3. The van der Waals surface area contributed by atoms with Crippen molar-refractivity contribution in [3.8, 4) is 5.75 Å². The van der Waals surface area contributed by atoms with E-state index in [0.717, 1.165) is 16.9 Å². The Morgan fingerprint density at radius 2 is 1.77 bits per heavy atom. The third-order valence-electron chi connectivity index (χ3n) is 6.81. The largest absolute Gasteiger partial charge is 0.508 e. The summed E-state index contributed by atoms with van der Waals surface area (Å²) in [5.41, 5.74) is 3.84. The minimum atomic E-state index is -0.984. The van der Waals surface area contributed by atoms with Crippen molar-refractivity contribution >= 4 is 40.9 Å². The molecular weight excluding hydrogens is 568 g/mol. The molecule has 0 atom stereocenters. The standard InChI is InChI=1S/C31H34N6O7/c1-5-13-32-29(40)22-10-7-19(3)25(15-22)35-28-27-20(4)24(16-37(27)34-17-33-28)30(41)36(6-2)31(42)44-18-43-26(39)14-21-8-11-23(38)12-9-21/h7-12,15-17,38H,5-6,13-14,18H2,1-4H3,(H,32,40)(H,33,34,35). The van der Waals surface area contributed by atoms with Crippen molar-refractivity contribution in [2.24, 2.45) is 0 Å². The molecule has 0 aliphatic carbocycles. The van der Waals surface area contributed by atoms with E-state index in [2.05, 4.69) is 20.7 Å². The number of benzene rings is 2. The third-order valence-corrected chi connectivity index (χ3v) is 6.81. The number of esters is 1. The molecule has 3 amide bonds. The summed E-state index contributed by atoms with van der Waals surface area (Å²) < 4.78 is 11.5. The van der Waals surface area contributed by atoms with Crippen LogP contribution in [0.15, 0.2) is 55.0 Å². The lowest BCUT2D eigenvalue weighted by atomic mass is 10.1. The number of nitrogens with zero attached hydrogens (tertiary/aromatic N) is 4. The van der Waals surface area contributed by atoms with Gasteiger partial charge in [0, 0.05) is 30.5 Å². The molecule has 0 saturated carbocycles. The monoisotopic (exact) mass is 602 g/mol. The number of phenolic OH excluding ortho intramolecular Hbond substituents is 1. The van der Waals surface area contributed by atoms with E-state index in [1.165, 1.54) is 29.2 Å². The maximum atomic E-state index is 13.5. The molecule has 2 aromatic carbocycles. The quantitative estimate of drug-likeness (QED) is 0.167. The Kier molecular flexibility index (Phi) is 10.1. The summed E-state index contributed by atoms with van der Waals surface area (Å²) in [7, 11) is 0. The maximum Gasteiger partial charge on any atom is 0.419 e. The molecule has 2 aromatic heterocycles. The molecular formula is C31H34N6O7. The highest BCUT2D eigenvalue weighted by molar-refractivity contribution is 6.05. The Balaban J connectivity index is 1.47. The van der Waals surface area contributed by atoms with Gasteiger partial charge in [-0.25, -0.2) is 19.2 Å². The normalized spacial score (nSPS) is 10.7. The molecule has 44 heavy (non-hydrogen) atoms. The Bertz CT molecular complexity index is 1680. The van der Waals surface area contributed by atoms with E-state index in [-0.39, 0.29) is 30.2 Å². The van der Waals surface area contributed by atoms with Crippen LogP contribution >= 0.6 is 0 Å². The molecule has 0 aliphatic rings. The first-order chi connectivity index (χ1) is 21.1. The fourth-order valence-electron chi connectivity index (χ4n) is 4.39. The van der Waals surface area contributed by atoms with Crippen LogP contribution in [-0.4, -0.2) is 68.4 Å². The Hall–Kier alpha value is -5.46. The number of anilines is 2. The molecule has 0 aliphatic heterocycles. The van der Waals surface area contributed by atoms with Crippen molar-refractivity contribution in [1.29, 1.82) is 0 Å². The van der Waals surface area contributed by atoms with Gasteiger partial charge < -0.3 is 25.2 Å². The minimum absolute atomic E-state index is 0.00633. The summed E-state index contributed by atoms with van der Waals surface area (Å²) in [6, 6.07) is 11.3. The Labute approximate surface area is 253 Å². The van der Waals surface area contributed by atoms with Crippen molar-refractivity contribution in [1.82, 2.24) is 24.8 Å². The number of phenols is 1. The molecule has 13 heteroatoms. The number of imide groups is 1. The molecule has 2 heterocycles. The zero-order valence-corrected chi connectivity index (χ0v) is 24.9. The number of hydrogen-bond donors (Lipinski definition) is 3. The lowest BCUT2D eigenvalue weighted by Gasteiger charge is -2.18. The van der Waals surface area contributed by atoms with Crippen LogP contribution in [0.25, 0.3) is 5.52 Å². The van der Waals surface area contributed by atoms with E-state index in [0.29, 0.717) is 40.3 Å². The summed E-state index contributed by atoms with van der Waals surface area (Å²) in [6.45, 7) is 7.08. The second-order valence-corrected chi connectivity index (χ2v) is 9.92. The number of rotatable bonds is 11. The molecule has 230 valence electrons. The Morgan fingerprint density at radius 1 is 1.02 bits per heavy atom. The van der Waals surface area contributed by atoms with Crippen LogP contribution in [0, 0.1) is 13.8 Å². The molecule has 0 radical (unpaired) electrons. The van der Waals surface area contributed by atoms with E-state index >= 15 is 0 Å². The van der Waals surface area contributed by atoms with Crippen LogP contribution < -0.4 is 10.6 Å². The van der Waals surface area contributed by atoms with Gasteiger partial charge in [-0.2, -0.15) is 5.10 Å². The highest BCUT2D eigenvalue weighted by Crippen LogP contribution is 2.28. The second-order valence-electron chi connectivity index (χ2n) is 9.92. The maximum absolute atomic E-state index is 13.5. The average molecular weight is 603 g/mol. The van der Waals surface area contributed by atoms with Crippen molar-refractivity contribution in [3.63, 3.8) is 0 Å². The SMILES string of the molecule is CCCNC(=O)c1ccc(C)c(Nc2ncnn3cc(C(=O)N(CC)C(=O)OCOC(=O)Cc4ccc(O)cc4)c(C)c23)c1. The molecule has 0 saturated heterocycles. The van der Waals surface area contributed by atoms with Gasteiger partial charge in [-0.05, 0) is 68.1 Å². The van der Waals surface area contributed by atoms with Crippen LogP contribution in [0.1, 0.15) is 57.7 Å². The zero-order chi connectivity index (χ0) is 31.8. The number of carbonyl (C=O) groups excluding carboxylic acids is 4. The zero-order valence-electron chi connectivity index (χ0n) is 24.9. The summed E-state index contributed by atoms with van der Waals surface area (Å²) in [4.78, 5) is 56.1. The predicted molar refractivity (Wildman–Crippen MR) is 161 cm³/mol. The van der Waals surface area contributed by atoms with Gasteiger partial charge >= 0.3 is 12.1 Å². The van der Waals surface area contributed by atoms with Crippen molar-refractivity contribution in [3.05, 3.63) is 82.8 Å². The lowest BCUT2D eigenvalue weighted by molar-refractivity contribution is -0.151. The van der Waals surface area contributed by atoms with Gasteiger partial charge in [0.2, 0.25) is 6.79 Å². The number of aryl methyl sites for hydroxylation is 2. The first kappa shape index (κ1) is 31.5. The summed E-state index contributed by atoms with van der Waals surface area (Å²) >= 11 is 0. The predicted octanol–water partition coefficient (Wildman–Crippen LogP) is 4.28. The van der Waals surface area contributed by atoms with E-state index in [4.69, 9.17) is 9.47 Å². The van der Waals surface area contributed by atoms with Gasteiger partial charge in [-0.1, -0.05) is 25.1 Å². The van der Waals surface area contributed by atoms with Gasteiger partial charge in [0.25, 0.3) is 11.8 Å². The summed E-state index contributed by atoms with van der Waals surface area (Å²) in [5, 5.41) is 19.7. The minimum Gasteiger partial charge on any atom is -0.508 e. The van der Waals surface area contributed by atoms with E-state index in [1.807, 2.05) is 19.9 Å². The second kappa shape index (κ2) is 14.1. The lowest BCUT2D eigenvalue weighted by Crippen LogP contribution is -2.37. The number of amides is 3. The first-order valence-corrected chi connectivity index (χ1v) is 14.0. The molecule has 4 aromatic rings. The summed E-state index contributed by atoms with van der Waals surface area (Å²) in [6.07, 6.45) is 2.57. The average Bonchev–Trinajstić information content (AvgIpc) is 3.35. The van der Waals surface area contributed by atoms with Crippen LogP contribution in [0.3, 0.4) is 0 Å². The topological polar surface area (TPSA) is 164 Å². The van der Waals surface area contributed by atoms with E-state index in [9.17, 15) is 24.3 Å². The number of aromatic hydroxyl groups is 1. The fraction of sp³-hybridized carbons (Fsp3) is 0.290. The molecule has 3 N–H and O–H groups in total. The summed E-state index contributed by atoms with van der Waals surface area (Å²) in [5.74, 6) is -0.995. The Morgan fingerprint density at radius 3 is 2.48 bits per heavy atom. The van der Waals surface area contributed by atoms with Crippen LogP contribution in [-0.2, 0) is 20.7 Å². The van der Waals surface area contributed by atoms with E-state index < -0.39 is 24.8 Å². The molecule has 0 unspecified atom stereocenters. The van der Waals surface area contributed by atoms with Crippen molar-refractivity contribution < 1.29 is 33.8 Å². The molecule has 0 spiro atoms. The van der Waals surface area contributed by atoms with Crippen molar-refractivity contribution in [2.75, 3.05) is 25.2 Å². The van der Waals surface area contributed by atoms with Crippen LogP contribution in [0.5, 0.6) is 5.75 Å². The number of fused-ring (bicyclic) bond motifs is 1. The van der Waals surface area contributed by atoms with Gasteiger partial charge in [-0.15, -0.1) is 0 Å². The first-order valence-electron chi connectivity index (χ1n) is 14.0. The number of carbonyl (C=O) groups is 4. The molecule has 13 nitrogen and oxygen atoms in total. The highest BCUT2D eigenvalue weighted by atomic mass is 16.7. The van der Waals surface area contributed by atoms with Gasteiger partial charge in [-0.3, -0.25) is 14.4 Å². The molecule has 4 rings (SSSR count).